The smallest absolute Gasteiger partial charge is 0.252 e. The third kappa shape index (κ3) is 5.54. The van der Waals surface area contributed by atoms with Gasteiger partial charge in [-0.15, -0.1) is 0 Å². The Morgan fingerprint density at radius 1 is 0.458 bits per heavy atom. The highest BCUT2D eigenvalue weighted by molar-refractivity contribution is 7.00. The van der Waals surface area contributed by atoms with Crippen molar-refractivity contribution < 1.29 is 0 Å². The van der Waals surface area contributed by atoms with Crippen molar-refractivity contribution in [1.82, 2.24) is 0 Å². The van der Waals surface area contributed by atoms with Gasteiger partial charge in [0.1, 0.15) is 0 Å². The van der Waals surface area contributed by atoms with Gasteiger partial charge in [-0.3, -0.25) is 0 Å². The van der Waals surface area contributed by atoms with Crippen LogP contribution in [-0.2, 0) is 21.7 Å². The summed E-state index contributed by atoms with van der Waals surface area (Å²) in [7, 11) is 0. The Morgan fingerprint density at radius 2 is 1.02 bits per heavy atom. The predicted molar refractivity (Wildman–Crippen MR) is 255 cm³/mol. The molecule has 0 bridgehead atoms. The van der Waals surface area contributed by atoms with Crippen molar-refractivity contribution in [1.29, 1.82) is 0 Å². The third-order valence-corrected chi connectivity index (χ3v) is 14.8. The van der Waals surface area contributed by atoms with Gasteiger partial charge in [0.05, 0.1) is 5.54 Å². The maximum atomic E-state index is 2.75. The predicted octanol–water partition coefficient (Wildman–Crippen LogP) is 13.0. The van der Waals surface area contributed by atoms with Crippen LogP contribution < -0.4 is 31.1 Å². The molecule has 2 atom stereocenters. The summed E-state index contributed by atoms with van der Waals surface area (Å²) < 4.78 is 0. The summed E-state index contributed by atoms with van der Waals surface area (Å²) in [6, 6.07) is 49.5. The number of hydrogen-bond acceptors (Lipinski definition) is 3. The summed E-state index contributed by atoms with van der Waals surface area (Å²) in [5.41, 5.74) is 19.9. The van der Waals surface area contributed by atoms with E-state index in [-0.39, 0.29) is 33.9 Å². The average Bonchev–Trinajstić information content (AvgIpc) is 3.60. The second-order valence-corrected chi connectivity index (χ2v) is 21.5. The molecule has 10 rings (SSSR count). The van der Waals surface area contributed by atoms with Crippen LogP contribution in [-0.4, -0.2) is 12.3 Å². The Bertz CT molecular complexity index is 2640. The maximum absolute atomic E-state index is 2.75. The van der Waals surface area contributed by atoms with Crippen molar-refractivity contribution in [3.63, 3.8) is 0 Å². The number of benzene rings is 6. The van der Waals surface area contributed by atoms with Gasteiger partial charge in [0.25, 0.3) is 6.71 Å². The van der Waals surface area contributed by atoms with Gasteiger partial charge in [-0.05, 0) is 135 Å². The zero-order valence-electron chi connectivity index (χ0n) is 37.2. The van der Waals surface area contributed by atoms with E-state index in [1.165, 1.54) is 103 Å². The Hall–Kier alpha value is -5.22. The SMILES string of the molecule is CC(C)(C)c1ccc(N2c3cc(N4c5ccc(C(C)(C)C)cc5C5(C)CCCC45C)ccc3B3c4ccccc4N(c4ccccc4)c4cc(C(C)(C)C)cc2c43)cc1. The maximum Gasteiger partial charge on any atom is 0.252 e. The number of fused-ring (bicyclic) bond motifs is 7. The van der Waals surface area contributed by atoms with Crippen LogP contribution in [0.25, 0.3) is 0 Å². The van der Waals surface area contributed by atoms with Crippen LogP contribution in [0, 0.1) is 0 Å². The van der Waals surface area contributed by atoms with Gasteiger partial charge in [-0.1, -0.05) is 142 Å². The molecule has 3 nitrogen and oxygen atoms in total. The molecule has 0 radical (unpaired) electrons. The molecular weight excluding hydrogens is 713 g/mol. The molecule has 3 heterocycles. The first-order chi connectivity index (χ1) is 27.9. The van der Waals surface area contributed by atoms with Crippen molar-refractivity contribution in [3.05, 3.63) is 150 Å². The minimum Gasteiger partial charge on any atom is -0.334 e. The fourth-order valence-electron chi connectivity index (χ4n) is 11.2. The van der Waals surface area contributed by atoms with E-state index < -0.39 is 0 Å². The number of anilines is 8. The molecule has 6 aromatic rings. The molecule has 59 heavy (non-hydrogen) atoms. The van der Waals surface area contributed by atoms with E-state index >= 15 is 0 Å². The van der Waals surface area contributed by atoms with Crippen LogP contribution in [0.3, 0.4) is 0 Å². The summed E-state index contributed by atoms with van der Waals surface area (Å²) in [5, 5.41) is 0. The molecule has 0 aromatic heterocycles. The molecule has 1 fully saturated rings. The second kappa shape index (κ2) is 12.6. The first-order valence-corrected chi connectivity index (χ1v) is 22.0. The van der Waals surface area contributed by atoms with Crippen LogP contribution in [0.2, 0.25) is 0 Å². The molecule has 0 spiro atoms. The van der Waals surface area contributed by atoms with Gasteiger partial charge < -0.3 is 14.7 Å². The third-order valence-electron chi connectivity index (χ3n) is 14.8. The lowest BCUT2D eigenvalue weighted by Crippen LogP contribution is -2.61. The molecule has 298 valence electrons. The fourth-order valence-corrected chi connectivity index (χ4v) is 11.2. The highest BCUT2D eigenvalue weighted by Gasteiger charge is 2.59. The molecule has 2 unspecified atom stereocenters. The molecule has 1 saturated carbocycles. The lowest BCUT2D eigenvalue weighted by Gasteiger charge is -2.46. The Labute approximate surface area is 354 Å². The van der Waals surface area contributed by atoms with Crippen LogP contribution in [0.5, 0.6) is 0 Å². The monoisotopic (exact) mass is 773 g/mol. The minimum absolute atomic E-state index is 0.0357. The lowest BCUT2D eigenvalue weighted by molar-refractivity contribution is 0.330. The van der Waals surface area contributed by atoms with Crippen LogP contribution >= 0.6 is 0 Å². The van der Waals surface area contributed by atoms with Crippen LogP contribution in [0.15, 0.2) is 127 Å². The summed E-state index contributed by atoms with van der Waals surface area (Å²) in [5.74, 6) is 0. The Kier molecular flexibility index (Phi) is 8.15. The van der Waals surface area contributed by atoms with E-state index in [9.17, 15) is 0 Å². The van der Waals surface area contributed by atoms with Crippen LogP contribution in [0.4, 0.5) is 45.5 Å². The van der Waals surface area contributed by atoms with Gasteiger partial charge in [0.2, 0.25) is 0 Å². The molecule has 0 saturated heterocycles. The highest BCUT2D eigenvalue weighted by atomic mass is 15.3. The quantitative estimate of drug-likeness (QED) is 0.166. The molecular formula is C55H60BN3. The molecule has 4 aliphatic rings. The van der Waals surface area contributed by atoms with E-state index in [2.05, 4.69) is 218 Å². The normalized spacial score (nSPS) is 20.6. The fraction of sp³-hybridized carbons (Fsp3) is 0.345. The van der Waals surface area contributed by atoms with Crippen LogP contribution in [0.1, 0.15) is 118 Å². The Morgan fingerprint density at radius 3 is 1.68 bits per heavy atom. The first-order valence-electron chi connectivity index (χ1n) is 22.0. The van der Waals surface area contributed by atoms with E-state index in [1.807, 2.05) is 0 Å². The molecule has 3 aliphatic heterocycles. The average molecular weight is 774 g/mol. The molecule has 0 amide bonds. The van der Waals surface area contributed by atoms with E-state index in [0.29, 0.717) is 0 Å². The van der Waals surface area contributed by atoms with Gasteiger partial charge >= 0.3 is 0 Å². The largest absolute Gasteiger partial charge is 0.334 e. The first kappa shape index (κ1) is 38.0. The zero-order chi connectivity index (χ0) is 41.4. The summed E-state index contributed by atoms with van der Waals surface area (Å²) >= 11 is 0. The zero-order valence-corrected chi connectivity index (χ0v) is 37.2. The van der Waals surface area contributed by atoms with E-state index in [0.717, 1.165) is 0 Å². The highest BCUT2D eigenvalue weighted by Crippen LogP contribution is 2.63. The standard InChI is InChI=1S/C55H60BN3/c1-51(2,3)36-22-25-40(26-23-36)58-47-35-41(59-45-29-24-37(52(4,5)6)32-42(45)54(10)30-17-31-55(54,59)11)27-28-44(47)56-43-20-15-16-21-46(43)57(39-18-13-12-14-19-39)48-33-38(53(7,8)9)34-49(58)50(48)56/h12-16,18-29,32-35H,17,30-31H2,1-11H3. The minimum atomic E-state index is -0.0725. The van der Waals surface area contributed by atoms with Crippen molar-refractivity contribution in [3.8, 4) is 0 Å². The van der Waals surface area contributed by atoms with E-state index in [1.54, 1.807) is 0 Å². The topological polar surface area (TPSA) is 9.72 Å². The number of hydrogen-bond donors (Lipinski definition) is 0. The van der Waals surface area contributed by atoms with Gasteiger partial charge in [0.15, 0.2) is 0 Å². The molecule has 4 heteroatoms. The van der Waals surface area contributed by atoms with Crippen molar-refractivity contribution >= 4 is 68.6 Å². The van der Waals surface area contributed by atoms with Gasteiger partial charge in [-0.25, -0.2) is 0 Å². The number of nitrogens with zero attached hydrogens (tertiary/aromatic N) is 3. The van der Waals surface area contributed by atoms with Crippen molar-refractivity contribution in [2.24, 2.45) is 0 Å². The van der Waals surface area contributed by atoms with Gasteiger partial charge in [-0.2, -0.15) is 0 Å². The Balaban J connectivity index is 1.26. The van der Waals surface area contributed by atoms with Crippen molar-refractivity contribution in [2.75, 3.05) is 14.7 Å². The molecule has 0 N–H and O–H groups in total. The van der Waals surface area contributed by atoms with Gasteiger partial charge in [0, 0.05) is 50.9 Å². The van der Waals surface area contributed by atoms with Crippen molar-refractivity contribution in [2.45, 2.75) is 123 Å². The lowest BCUT2D eigenvalue weighted by atomic mass is 9.33. The summed E-state index contributed by atoms with van der Waals surface area (Å²) in [6.45, 7) is 26.2. The van der Waals surface area contributed by atoms with E-state index in [4.69, 9.17) is 0 Å². The summed E-state index contributed by atoms with van der Waals surface area (Å²) in [4.78, 5) is 7.89. The second-order valence-electron chi connectivity index (χ2n) is 21.5. The molecule has 1 aliphatic carbocycles. The summed E-state index contributed by atoms with van der Waals surface area (Å²) in [6.07, 6.45) is 3.62. The number of rotatable bonds is 3. The number of para-hydroxylation sites is 2. The molecule has 6 aromatic carbocycles.